The summed E-state index contributed by atoms with van der Waals surface area (Å²) in [6.07, 6.45) is 6.47. The van der Waals surface area contributed by atoms with Crippen molar-refractivity contribution in [3.05, 3.63) is 272 Å². The molecule has 6 nitrogen and oxygen atoms in total. The predicted octanol–water partition coefficient (Wildman–Crippen LogP) is 18.8. The highest BCUT2D eigenvalue weighted by molar-refractivity contribution is 6.28. The fourth-order valence-electron chi connectivity index (χ4n) is 13.3. The lowest BCUT2D eigenvalue weighted by molar-refractivity contribution is 0.949. The molecule has 80 heavy (non-hydrogen) atoms. The first kappa shape index (κ1) is 44.6. The van der Waals surface area contributed by atoms with Crippen molar-refractivity contribution in [3.8, 4) is 56.5 Å². The molecule has 6 heteroatoms. The number of allylic oxidation sites excluding steroid dienone is 1. The van der Waals surface area contributed by atoms with Gasteiger partial charge in [0.2, 0.25) is 0 Å². The molecular formula is C74H48N6. The summed E-state index contributed by atoms with van der Waals surface area (Å²) in [4.78, 5) is 11.1. The fraction of sp³-hybridized carbons (Fsp3) is 0.0270. The molecule has 17 rings (SSSR count). The van der Waals surface area contributed by atoms with Crippen molar-refractivity contribution in [1.29, 1.82) is 0 Å². The summed E-state index contributed by atoms with van der Waals surface area (Å²) >= 11 is 0. The Balaban J connectivity index is 0.936. The summed E-state index contributed by atoms with van der Waals surface area (Å²) < 4.78 is 9.76. The van der Waals surface area contributed by atoms with Gasteiger partial charge in [0.05, 0.1) is 66.9 Å². The van der Waals surface area contributed by atoms with Crippen LogP contribution in [0.2, 0.25) is 0 Å². The summed E-state index contributed by atoms with van der Waals surface area (Å²) in [5, 5.41) is 9.60. The number of benzene rings is 10. The average Bonchev–Trinajstić information content (AvgIpc) is 4.45. The van der Waals surface area contributed by atoms with Gasteiger partial charge in [-0.3, -0.25) is 4.57 Å². The molecule has 0 N–H and O–H groups in total. The van der Waals surface area contributed by atoms with E-state index in [0.717, 1.165) is 114 Å². The molecule has 0 saturated heterocycles. The van der Waals surface area contributed by atoms with E-state index in [-0.39, 0.29) is 0 Å². The van der Waals surface area contributed by atoms with Gasteiger partial charge in [-0.25, -0.2) is 9.97 Å². The van der Waals surface area contributed by atoms with Gasteiger partial charge in [0.1, 0.15) is 5.82 Å². The van der Waals surface area contributed by atoms with Crippen molar-refractivity contribution in [1.82, 2.24) is 28.2 Å². The minimum absolute atomic E-state index is 0.889. The molecule has 0 amide bonds. The average molecular weight is 1020 g/mol. The molecule has 0 radical (unpaired) electrons. The van der Waals surface area contributed by atoms with Crippen LogP contribution in [-0.2, 0) is 6.42 Å². The highest BCUT2D eigenvalue weighted by Gasteiger charge is 2.26. The molecule has 10 aromatic carbocycles. The third kappa shape index (κ3) is 6.66. The second-order valence-electron chi connectivity index (χ2n) is 21.2. The molecule has 1 aliphatic rings. The van der Waals surface area contributed by atoms with Gasteiger partial charge in [-0.05, 0) is 127 Å². The number of fused-ring (bicyclic) bond motifs is 14. The lowest BCUT2D eigenvalue weighted by Crippen LogP contribution is -2.04. The maximum atomic E-state index is 5.59. The number of nitrogens with zero attached hydrogens (tertiary/aromatic N) is 6. The number of hydrogen-bond acceptors (Lipinski definition) is 2. The van der Waals surface area contributed by atoms with Crippen molar-refractivity contribution in [2.75, 3.05) is 0 Å². The Hall–Kier alpha value is -10.6. The maximum absolute atomic E-state index is 5.59. The van der Waals surface area contributed by atoms with Crippen molar-refractivity contribution < 1.29 is 0 Å². The molecule has 16 aromatic rings. The van der Waals surface area contributed by atoms with E-state index in [9.17, 15) is 0 Å². The highest BCUT2D eigenvalue weighted by atomic mass is 15.1. The Morgan fingerprint density at radius 2 is 0.838 bits per heavy atom. The first-order valence-corrected chi connectivity index (χ1v) is 27.6. The van der Waals surface area contributed by atoms with Crippen LogP contribution in [0.25, 0.3) is 150 Å². The second kappa shape index (κ2) is 17.5. The zero-order chi connectivity index (χ0) is 52.4. The minimum atomic E-state index is 0.889. The first-order chi connectivity index (χ1) is 39.7. The normalized spacial score (nSPS) is 12.6. The van der Waals surface area contributed by atoms with Crippen LogP contribution in [0.15, 0.2) is 261 Å². The molecule has 0 spiro atoms. The third-order valence-corrected chi connectivity index (χ3v) is 16.8. The van der Waals surface area contributed by atoms with E-state index in [4.69, 9.17) is 9.97 Å². The summed E-state index contributed by atoms with van der Waals surface area (Å²) in [5.41, 5.74) is 20.9. The molecule has 1 aliphatic carbocycles. The third-order valence-electron chi connectivity index (χ3n) is 16.8. The Kier molecular flexibility index (Phi) is 9.74. The van der Waals surface area contributed by atoms with Crippen LogP contribution in [0.4, 0.5) is 0 Å². The number of hydrogen-bond donors (Lipinski definition) is 0. The number of rotatable bonds is 7. The molecular weight excluding hydrogens is 973 g/mol. The Bertz CT molecular complexity index is 5230. The van der Waals surface area contributed by atoms with E-state index in [0.29, 0.717) is 0 Å². The van der Waals surface area contributed by atoms with E-state index < -0.39 is 0 Å². The molecule has 0 bridgehead atoms. The van der Waals surface area contributed by atoms with Crippen LogP contribution in [0, 0.1) is 0 Å². The van der Waals surface area contributed by atoms with Crippen molar-refractivity contribution in [2.45, 2.75) is 12.8 Å². The molecule has 374 valence electrons. The second-order valence-corrected chi connectivity index (χ2v) is 21.2. The quantitative estimate of drug-likeness (QED) is 0.160. The van der Waals surface area contributed by atoms with Gasteiger partial charge < -0.3 is 13.7 Å². The summed E-state index contributed by atoms with van der Waals surface area (Å²) in [7, 11) is 0. The van der Waals surface area contributed by atoms with E-state index in [1.54, 1.807) is 0 Å². The van der Waals surface area contributed by atoms with Gasteiger partial charge >= 0.3 is 0 Å². The number of pyridine rings is 2. The van der Waals surface area contributed by atoms with Gasteiger partial charge in [0.25, 0.3) is 0 Å². The van der Waals surface area contributed by atoms with Crippen molar-refractivity contribution in [2.24, 2.45) is 0 Å². The first-order valence-electron chi connectivity index (χ1n) is 27.6. The van der Waals surface area contributed by atoms with Crippen LogP contribution >= 0.6 is 0 Å². The van der Waals surface area contributed by atoms with Gasteiger partial charge in [-0.1, -0.05) is 170 Å². The Morgan fingerprint density at radius 3 is 1.51 bits per heavy atom. The van der Waals surface area contributed by atoms with Crippen molar-refractivity contribution in [3.63, 3.8) is 0 Å². The SMILES string of the molecule is C1=Cc2nc(-n3c4ccccc4c4c(-c5cccc(-c6cc(-n7c8ccccc8c8cc9c%10ccccc%10n(-c%10ccccc%10)c9cc87)cc(-c7ccccc7)n6)c5)cc5c6ccccc6n(-c6ccccc6)c5c43)ccc2CC1. The summed E-state index contributed by atoms with van der Waals surface area (Å²) in [6.45, 7) is 0. The topological polar surface area (TPSA) is 45.5 Å². The van der Waals surface area contributed by atoms with Crippen LogP contribution in [-0.4, -0.2) is 28.2 Å². The van der Waals surface area contributed by atoms with E-state index >= 15 is 0 Å². The van der Waals surface area contributed by atoms with Crippen LogP contribution in [0.5, 0.6) is 0 Å². The molecule has 0 unspecified atom stereocenters. The predicted molar refractivity (Wildman–Crippen MR) is 333 cm³/mol. The lowest BCUT2D eigenvalue weighted by atomic mass is 9.94. The van der Waals surface area contributed by atoms with Crippen molar-refractivity contribution >= 4 is 93.3 Å². The largest absolute Gasteiger partial charge is 0.309 e. The smallest absolute Gasteiger partial charge is 0.138 e. The van der Waals surface area contributed by atoms with Gasteiger partial charge in [-0.2, -0.15) is 0 Å². The molecule has 0 aliphatic heterocycles. The Morgan fingerprint density at radius 1 is 0.312 bits per heavy atom. The lowest BCUT2D eigenvalue weighted by Gasteiger charge is -2.16. The van der Waals surface area contributed by atoms with Gasteiger partial charge in [-0.15, -0.1) is 0 Å². The van der Waals surface area contributed by atoms with Crippen LogP contribution in [0.3, 0.4) is 0 Å². The highest BCUT2D eigenvalue weighted by Crippen LogP contribution is 2.47. The number of aryl methyl sites for hydroxylation is 1. The van der Waals surface area contributed by atoms with E-state index in [2.05, 4.69) is 285 Å². The van der Waals surface area contributed by atoms with Crippen LogP contribution < -0.4 is 0 Å². The van der Waals surface area contributed by atoms with E-state index in [1.807, 2.05) is 0 Å². The van der Waals surface area contributed by atoms with E-state index in [1.165, 1.54) is 54.2 Å². The monoisotopic (exact) mass is 1020 g/mol. The molecule has 0 saturated carbocycles. The molecule has 6 heterocycles. The summed E-state index contributed by atoms with van der Waals surface area (Å²) in [6, 6.07) is 93.0. The fourth-order valence-corrected chi connectivity index (χ4v) is 13.3. The zero-order valence-electron chi connectivity index (χ0n) is 43.5. The number of para-hydroxylation sites is 6. The maximum Gasteiger partial charge on any atom is 0.138 e. The standard InChI is InChI=1S/C74H48N6/c1-4-21-47(22-5-1)63-42-53(78-66-36-17-12-31-55(66)60-45-59-54-30-11-16-35-65(54)77(69(59)46-70(60)78)51-26-6-2-7-27-51)43-64(75-63)50-25-20-24-49(41-50)58-44-61-56-32-13-18-37-67(56)79(52-28-8-3-9-29-52)73(61)74-72(58)57-33-14-19-38-68(57)80(74)71-40-39-48-23-10-15-34-62(48)76-71/h1-9,11-22,24-46H,10,23H2. The minimum Gasteiger partial charge on any atom is -0.309 e. The zero-order valence-corrected chi connectivity index (χ0v) is 43.5. The molecule has 6 aromatic heterocycles. The van der Waals surface area contributed by atoms with Crippen LogP contribution in [0.1, 0.15) is 17.7 Å². The molecule has 0 atom stereocenters. The summed E-state index contributed by atoms with van der Waals surface area (Å²) in [5.74, 6) is 0.903. The van der Waals surface area contributed by atoms with Gasteiger partial charge in [0, 0.05) is 65.6 Å². The Labute approximate surface area is 460 Å². The number of aromatic nitrogens is 6. The van der Waals surface area contributed by atoms with Gasteiger partial charge in [0.15, 0.2) is 0 Å². The molecule has 0 fully saturated rings.